The van der Waals surface area contributed by atoms with Crippen LogP contribution in [0, 0.1) is 0 Å². The largest absolute Gasteiger partial charge is 0.478 e. The predicted molar refractivity (Wildman–Crippen MR) is 107 cm³/mol. The molecule has 2 rings (SSSR count). The third-order valence-electron chi connectivity index (χ3n) is 4.80. The number of ether oxygens (including phenoxy) is 1. The fourth-order valence-corrected chi connectivity index (χ4v) is 3.20. The minimum absolute atomic E-state index is 0.0109. The number of carboxylic acids is 1. The van der Waals surface area contributed by atoms with Crippen molar-refractivity contribution < 1.29 is 14.6 Å². The molecule has 1 saturated heterocycles. The number of epoxide rings is 1. The zero-order valence-electron chi connectivity index (χ0n) is 15.9. The van der Waals surface area contributed by atoms with Crippen LogP contribution in [0.15, 0.2) is 48.6 Å². The molecule has 142 valence electrons. The fraction of sp³-hybridized carbons (Fsp3) is 0.522. The molecule has 2 unspecified atom stereocenters. The van der Waals surface area contributed by atoms with Crippen molar-refractivity contribution in [3.63, 3.8) is 0 Å². The molecule has 0 amide bonds. The molecule has 2 atom stereocenters. The van der Waals surface area contributed by atoms with Crippen LogP contribution >= 0.6 is 0 Å². The van der Waals surface area contributed by atoms with E-state index < -0.39 is 5.97 Å². The van der Waals surface area contributed by atoms with E-state index in [-0.39, 0.29) is 12.2 Å². The summed E-state index contributed by atoms with van der Waals surface area (Å²) in [6.45, 7) is 2.26. The standard InChI is InChI=1S/C23H32O3/c1-2-3-4-5-6-7-8-9-10-11-12-13-18-21-22(26-21)19-16-14-15-17-20(19)23(24)25/h11-18,21-22H,2-10H2,1H3,(H,24,25)/b12-11+,18-13+. The van der Waals surface area contributed by atoms with Gasteiger partial charge in [0.2, 0.25) is 0 Å². The van der Waals surface area contributed by atoms with Crippen molar-refractivity contribution in [1.82, 2.24) is 0 Å². The number of benzene rings is 1. The number of hydrogen-bond donors (Lipinski definition) is 1. The van der Waals surface area contributed by atoms with E-state index in [1.54, 1.807) is 12.1 Å². The second-order valence-electron chi connectivity index (χ2n) is 6.99. The van der Waals surface area contributed by atoms with Gasteiger partial charge in [-0.2, -0.15) is 0 Å². The lowest BCUT2D eigenvalue weighted by Crippen LogP contribution is -2.01. The van der Waals surface area contributed by atoms with E-state index in [2.05, 4.69) is 19.1 Å². The maximum absolute atomic E-state index is 11.2. The van der Waals surface area contributed by atoms with Crippen LogP contribution in [0.4, 0.5) is 0 Å². The van der Waals surface area contributed by atoms with Crippen LogP contribution in [0.1, 0.15) is 86.7 Å². The molecule has 1 aromatic rings. The van der Waals surface area contributed by atoms with Gasteiger partial charge in [-0.15, -0.1) is 0 Å². The van der Waals surface area contributed by atoms with Gasteiger partial charge in [-0.1, -0.05) is 94.4 Å². The van der Waals surface area contributed by atoms with E-state index in [4.69, 9.17) is 4.74 Å². The van der Waals surface area contributed by atoms with E-state index in [0.29, 0.717) is 5.56 Å². The van der Waals surface area contributed by atoms with Gasteiger partial charge in [0.15, 0.2) is 0 Å². The molecule has 0 spiro atoms. The maximum atomic E-state index is 11.2. The van der Waals surface area contributed by atoms with E-state index in [1.807, 2.05) is 24.3 Å². The van der Waals surface area contributed by atoms with Crippen LogP contribution in [-0.4, -0.2) is 17.2 Å². The van der Waals surface area contributed by atoms with E-state index in [0.717, 1.165) is 12.0 Å². The van der Waals surface area contributed by atoms with Gasteiger partial charge in [-0.3, -0.25) is 0 Å². The molecule has 1 heterocycles. The lowest BCUT2D eigenvalue weighted by molar-refractivity contribution is 0.0695. The van der Waals surface area contributed by atoms with Crippen LogP contribution in [-0.2, 0) is 4.74 Å². The SMILES string of the molecule is CCCCCCCCCC/C=C/C=C/C1OC1c1ccccc1C(=O)O. The first-order valence-corrected chi connectivity index (χ1v) is 10.0. The second-order valence-corrected chi connectivity index (χ2v) is 6.99. The summed E-state index contributed by atoms with van der Waals surface area (Å²) in [6, 6.07) is 7.06. The van der Waals surface area contributed by atoms with Gasteiger partial charge < -0.3 is 9.84 Å². The van der Waals surface area contributed by atoms with Crippen molar-refractivity contribution in [2.24, 2.45) is 0 Å². The minimum atomic E-state index is -0.899. The molecule has 3 heteroatoms. The number of aromatic carboxylic acids is 1. The zero-order chi connectivity index (χ0) is 18.6. The van der Waals surface area contributed by atoms with Gasteiger partial charge in [0.1, 0.15) is 12.2 Å². The summed E-state index contributed by atoms with van der Waals surface area (Å²) in [5, 5.41) is 9.23. The first-order valence-electron chi connectivity index (χ1n) is 10.0. The Morgan fingerprint density at radius 2 is 1.73 bits per heavy atom. The highest BCUT2D eigenvalue weighted by Gasteiger charge is 2.39. The van der Waals surface area contributed by atoms with Gasteiger partial charge in [0.05, 0.1) is 5.56 Å². The molecule has 0 bridgehead atoms. The third kappa shape index (κ3) is 7.17. The highest BCUT2D eigenvalue weighted by molar-refractivity contribution is 5.89. The average Bonchev–Trinajstić information content (AvgIpc) is 3.42. The molecule has 1 N–H and O–H groups in total. The van der Waals surface area contributed by atoms with Crippen LogP contribution < -0.4 is 0 Å². The summed E-state index contributed by atoms with van der Waals surface area (Å²) >= 11 is 0. The van der Waals surface area contributed by atoms with Crippen LogP contribution in [0.2, 0.25) is 0 Å². The predicted octanol–water partition coefficient (Wildman–Crippen LogP) is 6.47. The second kappa shape index (κ2) is 11.7. The van der Waals surface area contributed by atoms with Crippen LogP contribution in [0.5, 0.6) is 0 Å². The van der Waals surface area contributed by atoms with Crippen LogP contribution in [0.3, 0.4) is 0 Å². The minimum Gasteiger partial charge on any atom is -0.478 e. The Kier molecular flexibility index (Phi) is 9.19. The maximum Gasteiger partial charge on any atom is 0.336 e. The fourth-order valence-electron chi connectivity index (χ4n) is 3.20. The summed E-state index contributed by atoms with van der Waals surface area (Å²) in [4.78, 5) is 11.2. The lowest BCUT2D eigenvalue weighted by atomic mass is 10.0. The Balaban J connectivity index is 1.58. The molecule has 26 heavy (non-hydrogen) atoms. The van der Waals surface area contributed by atoms with E-state index >= 15 is 0 Å². The van der Waals surface area contributed by atoms with Gasteiger partial charge in [0.25, 0.3) is 0 Å². The molecule has 0 aliphatic carbocycles. The molecular weight excluding hydrogens is 324 g/mol. The monoisotopic (exact) mass is 356 g/mol. The summed E-state index contributed by atoms with van der Waals surface area (Å²) in [5.74, 6) is -0.899. The average molecular weight is 357 g/mol. The molecule has 1 aromatic carbocycles. The number of rotatable bonds is 13. The van der Waals surface area contributed by atoms with Crippen molar-refractivity contribution in [3.05, 3.63) is 59.7 Å². The Morgan fingerprint density at radius 3 is 2.46 bits per heavy atom. The summed E-state index contributed by atoms with van der Waals surface area (Å²) in [6.07, 6.45) is 20.1. The number of allylic oxidation sites excluding steroid dienone is 3. The number of unbranched alkanes of at least 4 members (excludes halogenated alkanes) is 8. The zero-order valence-corrected chi connectivity index (χ0v) is 15.9. The first-order chi connectivity index (χ1) is 12.7. The normalized spacial score (nSPS) is 19.4. The highest BCUT2D eigenvalue weighted by atomic mass is 16.6. The van der Waals surface area contributed by atoms with Crippen molar-refractivity contribution in [2.45, 2.75) is 76.9 Å². The molecule has 1 aliphatic heterocycles. The lowest BCUT2D eigenvalue weighted by Gasteiger charge is -2.01. The molecule has 0 aromatic heterocycles. The smallest absolute Gasteiger partial charge is 0.336 e. The number of hydrogen-bond acceptors (Lipinski definition) is 2. The van der Waals surface area contributed by atoms with E-state index in [1.165, 1.54) is 51.4 Å². The first kappa shape index (κ1) is 20.4. The van der Waals surface area contributed by atoms with Gasteiger partial charge in [0, 0.05) is 0 Å². The Labute approximate surface area is 157 Å². The summed E-state index contributed by atoms with van der Waals surface area (Å²) in [5.41, 5.74) is 1.09. The quantitative estimate of drug-likeness (QED) is 0.250. The van der Waals surface area contributed by atoms with Crippen LogP contribution in [0.25, 0.3) is 0 Å². The highest BCUT2D eigenvalue weighted by Crippen LogP contribution is 2.41. The molecule has 0 saturated carbocycles. The topological polar surface area (TPSA) is 49.8 Å². The molecule has 0 radical (unpaired) electrons. The van der Waals surface area contributed by atoms with Gasteiger partial charge >= 0.3 is 5.97 Å². The van der Waals surface area contributed by atoms with Crippen molar-refractivity contribution in [1.29, 1.82) is 0 Å². The third-order valence-corrected chi connectivity index (χ3v) is 4.80. The van der Waals surface area contributed by atoms with E-state index in [9.17, 15) is 9.90 Å². The number of carboxylic acid groups (broad SMARTS) is 1. The summed E-state index contributed by atoms with van der Waals surface area (Å²) < 4.78 is 5.61. The molecule has 1 fully saturated rings. The Hall–Kier alpha value is -1.87. The molecular formula is C23H32O3. The van der Waals surface area contributed by atoms with Crippen molar-refractivity contribution >= 4 is 5.97 Å². The van der Waals surface area contributed by atoms with Crippen molar-refractivity contribution in [3.8, 4) is 0 Å². The van der Waals surface area contributed by atoms with Crippen molar-refractivity contribution in [2.75, 3.05) is 0 Å². The number of carbonyl (C=O) groups is 1. The summed E-state index contributed by atoms with van der Waals surface area (Å²) in [7, 11) is 0. The Bertz CT molecular complexity index is 603. The molecule has 3 nitrogen and oxygen atoms in total. The van der Waals surface area contributed by atoms with Gasteiger partial charge in [-0.05, 0) is 24.5 Å². The Morgan fingerprint density at radius 1 is 1.04 bits per heavy atom. The van der Waals surface area contributed by atoms with Gasteiger partial charge in [-0.25, -0.2) is 4.79 Å². The molecule has 1 aliphatic rings.